The van der Waals surface area contributed by atoms with Gasteiger partial charge in [-0.25, -0.2) is 9.37 Å². The Bertz CT molecular complexity index is 1230. The first-order valence-corrected chi connectivity index (χ1v) is 10.7. The van der Waals surface area contributed by atoms with Crippen LogP contribution in [-0.2, 0) is 16.1 Å². The van der Waals surface area contributed by atoms with Gasteiger partial charge in [-0.3, -0.25) is 19.1 Å². The number of nitrogens with two attached hydrogens (primary N) is 1. The van der Waals surface area contributed by atoms with Gasteiger partial charge in [0.1, 0.15) is 29.2 Å². The number of nitrogens with zero attached hydrogens (tertiary/aromatic N) is 4. The number of rotatable bonds is 5. The summed E-state index contributed by atoms with van der Waals surface area (Å²) in [4.78, 5) is 43.0. The van der Waals surface area contributed by atoms with Crippen molar-refractivity contribution in [1.82, 2.24) is 19.7 Å². The van der Waals surface area contributed by atoms with E-state index < -0.39 is 29.9 Å². The van der Waals surface area contributed by atoms with E-state index in [2.05, 4.69) is 31.3 Å². The van der Waals surface area contributed by atoms with Crippen LogP contribution in [-0.4, -0.2) is 56.1 Å². The van der Waals surface area contributed by atoms with Gasteiger partial charge < -0.3 is 16.0 Å². The third kappa shape index (κ3) is 4.33. The number of likely N-dealkylation sites (tertiary alicyclic amines) is 1. The third-order valence-corrected chi connectivity index (χ3v) is 5.71. The first kappa shape index (κ1) is 21.9. The summed E-state index contributed by atoms with van der Waals surface area (Å²) in [6.45, 7) is 1.39. The molecule has 11 heteroatoms. The van der Waals surface area contributed by atoms with Gasteiger partial charge in [0, 0.05) is 11.8 Å². The standard InChI is InChI=1S/C21H20BrFN6O3/c1-11-5-6-14-13(7-11)19(20(24)31)27-29(14)10-18(30)28-9-12(23)8-15(28)21(32)26-17-4-2-3-16(22)25-17/h2-7,12,15H,8-10H2,1H3,(H2,24,31)(H,25,26,32)/t12-,15+/m1/s1. The average Bonchev–Trinajstić information content (AvgIpc) is 3.28. The number of halogens is 2. The number of pyridine rings is 1. The molecule has 0 radical (unpaired) electrons. The van der Waals surface area contributed by atoms with Crippen molar-refractivity contribution in [3.05, 3.63) is 52.3 Å². The number of benzene rings is 1. The Labute approximate surface area is 190 Å². The second-order valence-electron chi connectivity index (χ2n) is 7.62. The van der Waals surface area contributed by atoms with Crippen LogP contribution in [0.2, 0.25) is 0 Å². The Morgan fingerprint density at radius 3 is 2.78 bits per heavy atom. The zero-order chi connectivity index (χ0) is 23.0. The van der Waals surface area contributed by atoms with Crippen molar-refractivity contribution >= 4 is 50.4 Å². The van der Waals surface area contributed by atoms with E-state index in [1.165, 1.54) is 9.58 Å². The van der Waals surface area contributed by atoms with Crippen molar-refractivity contribution in [2.45, 2.75) is 32.1 Å². The fourth-order valence-corrected chi connectivity index (χ4v) is 4.15. The summed E-state index contributed by atoms with van der Waals surface area (Å²) in [7, 11) is 0. The number of nitrogens with one attached hydrogen (secondary N) is 1. The molecule has 1 fully saturated rings. The zero-order valence-corrected chi connectivity index (χ0v) is 18.7. The third-order valence-electron chi connectivity index (χ3n) is 5.26. The number of aromatic nitrogens is 3. The zero-order valence-electron chi connectivity index (χ0n) is 17.1. The maximum absolute atomic E-state index is 14.2. The highest BCUT2D eigenvalue weighted by Crippen LogP contribution is 2.24. The summed E-state index contributed by atoms with van der Waals surface area (Å²) in [5.74, 6) is -1.44. The van der Waals surface area contributed by atoms with Crippen LogP contribution in [0.5, 0.6) is 0 Å². The van der Waals surface area contributed by atoms with Crippen LogP contribution in [0.3, 0.4) is 0 Å². The molecule has 4 rings (SSSR count). The fourth-order valence-electron chi connectivity index (χ4n) is 3.81. The summed E-state index contributed by atoms with van der Waals surface area (Å²) >= 11 is 3.22. The number of anilines is 1. The van der Waals surface area contributed by atoms with Crippen LogP contribution >= 0.6 is 15.9 Å². The average molecular weight is 503 g/mol. The van der Waals surface area contributed by atoms with E-state index in [1.54, 1.807) is 30.3 Å². The molecule has 9 nitrogen and oxygen atoms in total. The van der Waals surface area contributed by atoms with Crippen molar-refractivity contribution in [1.29, 1.82) is 0 Å². The first-order valence-electron chi connectivity index (χ1n) is 9.87. The quantitative estimate of drug-likeness (QED) is 0.517. The molecule has 1 aromatic carbocycles. The maximum Gasteiger partial charge on any atom is 0.269 e. The van der Waals surface area contributed by atoms with Crippen LogP contribution < -0.4 is 11.1 Å². The molecule has 166 valence electrons. The summed E-state index contributed by atoms with van der Waals surface area (Å²) in [5, 5.41) is 7.35. The van der Waals surface area contributed by atoms with Crippen molar-refractivity contribution in [2.24, 2.45) is 5.73 Å². The molecule has 3 heterocycles. The number of carbonyl (C=O) groups excluding carboxylic acids is 3. The molecule has 2 atom stereocenters. The highest BCUT2D eigenvalue weighted by molar-refractivity contribution is 9.10. The van der Waals surface area contributed by atoms with Gasteiger partial charge >= 0.3 is 0 Å². The minimum atomic E-state index is -1.33. The molecule has 2 aromatic heterocycles. The molecule has 0 spiro atoms. The SMILES string of the molecule is Cc1ccc2c(c1)c(C(N)=O)nn2CC(=O)N1C[C@H](F)C[C@H]1C(=O)Nc1cccc(Br)n1. The number of aryl methyl sites for hydroxylation is 1. The number of hydrogen-bond donors (Lipinski definition) is 2. The molecule has 3 aromatic rings. The van der Waals surface area contributed by atoms with Gasteiger partial charge in [-0.2, -0.15) is 5.10 Å². The Morgan fingerprint density at radius 1 is 1.28 bits per heavy atom. The molecule has 0 unspecified atom stereocenters. The summed E-state index contributed by atoms with van der Waals surface area (Å²) in [6.07, 6.45) is -1.44. The molecule has 0 saturated carbocycles. The Hall–Kier alpha value is -3.34. The molecule has 0 aliphatic carbocycles. The van der Waals surface area contributed by atoms with E-state index in [4.69, 9.17) is 5.73 Å². The first-order chi connectivity index (χ1) is 15.2. The summed E-state index contributed by atoms with van der Waals surface area (Å²) < 4.78 is 16.1. The number of amides is 3. The van der Waals surface area contributed by atoms with Gasteiger partial charge in [-0.15, -0.1) is 0 Å². The highest BCUT2D eigenvalue weighted by Gasteiger charge is 2.40. The molecular formula is C21H20BrFN6O3. The number of alkyl halides is 1. The van der Waals surface area contributed by atoms with Gasteiger partial charge in [-0.05, 0) is 47.1 Å². The predicted molar refractivity (Wildman–Crippen MR) is 119 cm³/mol. The Balaban J connectivity index is 1.57. The minimum Gasteiger partial charge on any atom is -0.364 e. The lowest BCUT2D eigenvalue weighted by Gasteiger charge is -2.23. The van der Waals surface area contributed by atoms with Crippen LogP contribution in [0.1, 0.15) is 22.5 Å². The van der Waals surface area contributed by atoms with Crippen LogP contribution in [0.4, 0.5) is 10.2 Å². The normalized spacial score (nSPS) is 18.2. The van der Waals surface area contributed by atoms with E-state index in [0.717, 1.165) is 5.56 Å². The van der Waals surface area contributed by atoms with Crippen molar-refractivity contribution in [3.8, 4) is 0 Å². The summed E-state index contributed by atoms with van der Waals surface area (Å²) in [6, 6.07) is 9.33. The Morgan fingerprint density at radius 2 is 2.06 bits per heavy atom. The second kappa shape index (κ2) is 8.65. The van der Waals surface area contributed by atoms with E-state index in [0.29, 0.717) is 21.3 Å². The van der Waals surface area contributed by atoms with E-state index in [1.807, 2.05) is 13.0 Å². The van der Waals surface area contributed by atoms with Crippen molar-refractivity contribution < 1.29 is 18.8 Å². The lowest BCUT2D eigenvalue weighted by Crippen LogP contribution is -2.44. The number of hydrogen-bond acceptors (Lipinski definition) is 5. The summed E-state index contributed by atoms with van der Waals surface area (Å²) in [5.41, 5.74) is 6.95. The van der Waals surface area contributed by atoms with Crippen LogP contribution in [0.15, 0.2) is 41.0 Å². The lowest BCUT2D eigenvalue weighted by atomic mass is 10.1. The number of primary amides is 1. The van der Waals surface area contributed by atoms with Crippen molar-refractivity contribution in [3.63, 3.8) is 0 Å². The monoisotopic (exact) mass is 502 g/mol. The number of carbonyl (C=O) groups is 3. The lowest BCUT2D eigenvalue weighted by molar-refractivity contribution is -0.137. The van der Waals surface area contributed by atoms with Crippen molar-refractivity contribution in [2.75, 3.05) is 11.9 Å². The highest BCUT2D eigenvalue weighted by atomic mass is 79.9. The number of fused-ring (bicyclic) bond motifs is 1. The molecule has 3 N–H and O–H groups in total. The van der Waals surface area contributed by atoms with E-state index in [9.17, 15) is 18.8 Å². The maximum atomic E-state index is 14.2. The second-order valence-corrected chi connectivity index (χ2v) is 8.43. The molecule has 3 amide bonds. The molecule has 1 saturated heterocycles. The van der Waals surface area contributed by atoms with Gasteiger partial charge in [0.25, 0.3) is 5.91 Å². The smallest absolute Gasteiger partial charge is 0.269 e. The largest absolute Gasteiger partial charge is 0.364 e. The van der Waals surface area contributed by atoms with Gasteiger partial charge in [-0.1, -0.05) is 17.7 Å². The van der Waals surface area contributed by atoms with Gasteiger partial charge in [0.05, 0.1) is 12.1 Å². The van der Waals surface area contributed by atoms with Gasteiger partial charge in [0.2, 0.25) is 11.8 Å². The predicted octanol–water partition coefficient (Wildman–Crippen LogP) is 2.18. The molecule has 32 heavy (non-hydrogen) atoms. The van der Waals surface area contributed by atoms with E-state index >= 15 is 0 Å². The topological polar surface area (TPSA) is 123 Å². The van der Waals surface area contributed by atoms with Crippen LogP contribution in [0.25, 0.3) is 10.9 Å². The van der Waals surface area contributed by atoms with Gasteiger partial charge in [0.15, 0.2) is 5.69 Å². The molecular weight excluding hydrogens is 483 g/mol. The molecule has 0 bridgehead atoms. The molecule has 1 aliphatic rings. The molecule has 1 aliphatic heterocycles. The van der Waals surface area contributed by atoms with E-state index in [-0.39, 0.29) is 25.2 Å². The van der Waals surface area contributed by atoms with Crippen LogP contribution in [0, 0.1) is 6.92 Å². The minimum absolute atomic E-state index is 0.0521. The Kier molecular flexibility index (Phi) is 5.92. The fraction of sp³-hybridized carbons (Fsp3) is 0.286.